The predicted molar refractivity (Wildman–Crippen MR) is 111 cm³/mol. The summed E-state index contributed by atoms with van der Waals surface area (Å²) in [5.41, 5.74) is 0.138. The number of nitrogens with zero attached hydrogens (tertiary/aromatic N) is 4. The summed E-state index contributed by atoms with van der Waals surface area (Å²) in [6.45, 7) is 13.5. The van der Waals surface area contributed by atoms with E-state index in [1.165, 1.54) is 12.8 Å². The van der Waals surface area contributed by atoms with Crippen LogP contribution in [0.2, 0.25) is 0 Å². The molecule has 1 aromatic rings. The Morgan fingerprint density at radius 1 is 1.32 bits per heavy atom. The first-order valence-electron chi connectivity index (χ1n) is 11.0. The van der Waals surface area contributed by atoms with Gasteiger partial charge in [0.15, 0.2) is 11.8 Å². The highest BCUT2D eigenvalue weighted by Gasteiger charge is 2.58. The summed E-state index contributed by atoms with van der Waals surface area (Å²) in [6, 6.07) is 0.738. The predicted octanol–water partition coefficient (Wildman–Crippen LogP) is 2.47. The normalized spacial score (nSPS) is 31.7. The lowest BCUT2D eigenvalue weighted by Gasteiger charge is -2.60. The molecule has 4 unspecified atom stereocenters. The number of fused-ring (bicyclic) bond motifs is 2. The molecule has 2 aliphatic heterocycles. The maximum atomic E-state index is 6.06. The van der Waals surface area contributed by atoms with E-state index in [4.69, 9.17) is 19.8 Å². The molecular formula is C21H36N6O. The number of ether oxygens (including phenoxy) is 1. The van der Waals surface area contributed by atoms with Gasteiger partial charge in [0.2, 0.25) is 0 Å². The van der Waals surface area contributed by atoms with E-state index in [1.807, 2.05) is 0 Å². The largest absolute Gasteiger partial charge is 0.377 e. The number of aliphatic imine (C=N–C) groups is 1. The Labute approximate surface area is 168 Å². The van der Waals surface area contributed by atoms with Gasteiger partial charge in [-0.05, 0) is 26.2 Å². The first-order valence-corrected chi connectivity index (χ1v) is 11.0. The SMILES string of the molecule is CCN=C(NC1CCc2nc(C(C)C)nn2C1)NC1C2CCCOC2C1(C)C. The lowest BCUT2D eigenvalue weighted by molar-refractivity contribution is -0.188. The van der Waals surface area contributed by atoms with Crippen LogP contribution in [0.25, 0.3) is 0 Å². The number of nitrogens with one attached hydrogen (secondary N) is 2. The van der Waals surface area contributed by atoms with E-state index >= 15 is 0 Å². The summed E-state index contributed by atoms with van der Waals surface area (Å²) in [5, 5.41) is 12.1. The molecule has 3 aliphatic rings. The smallest absolute Gasteiger partial charge is 0.191 e. The number of aryl methyl sites for hydroxylation is 1. The molecule has 28 heavy (non-hydrogen) atoms. The van der Waals surface area contributed by atoms with Crippen LogP contribution in [0.5, 0.6) is 0 Å². The molecule has 1 aromatic heterocycles. The zero-order valence-corrected chi connectivity index (χ0v) is 18.0. The Kier molecular flexibility index (Phi) is 5.38. The van der Waals surface area contributed by atoms with Gasteiger partial charge in [0.25, 0.3) is 0 Å². The van der Waals surface area contributed by atoms with Crippen molar-refractivity contribution in [2.24, 2.45) is 16.3 Å². The van der Waals surface area contributed by atoms with Crippen molar-refractivity contribution in [1.82, 2.24) is 25.4 Å². The van der Waals surface area contributed by atoms with Crippen LogP contribution in [0, 0.1) is 11.3 Å². The molecule has 7 heteroatoms. The van der Waals surface area contributed by atoms with Gasteiger partial charge in [0, 0.05) is 48.9 Å². The van der Waals surface area contributed by atoms with Gasteiger partial charge in [-0.15, -0.1) is 0 Å². The average Bonchev–Trinajstić information content (AvgIpc) is 3.10. The molecule has 7 nitrogen and oxygen atoms in total. The number of rotatable bonds is 4. The minimum Gasteiger partial charge on any atom is -0.377 e. The van der Waals surface area contributed by atoms with Gasteiger partial charge in [-0.25, -0.2) is 9.67 Å². The highest BCUT2D eigenvalue weighted by atomic mass is 16.5. The van der Waals surface area contributed by atoms with Crippen molar-refractivity contribution in [3.8, 4) is 0 Å². The minimum atomic E-state index is 0.138. The highest BCUT2D eigenvalue weighted by molar-refractivity contribution is 5.80. The fraction of sp³-hybridized carbons (Fsp3) is 0.857. The Hall–Kier alpha value is -1.63. The zero-order chi connectivity index (χ0) is 19.9. The van der Waals surface area contributed by atoms with E-state index in [0.717, 1.165) is 50.1 Å². The molecule has 0 bridgehead atoms. The molecule has 0 aromatic carbocycles. The molecule has 156 valence electrons. The minimum absolute atomic E-state index is 0.138. The van der Waals surface area contributed by atoms with Crippen molar-refractivity contribution in [3.05, 3.63) is 11.6 Å². The van der Waals surface area contributed by atoms with E-state index < -0.39 is 0 Å². The monoisotopic (exact) mass is 388 g/mol. The van der Waals surface area contributed by atoms with Crippen LogP contribution in [0.4, 0.5) is 0 Å². The average molecular weight is 389 g/mol. The fourth-order valence-electron chi connectivity index (χ4n) is 5.14. The van der Waals surface area contributed by atoms with E-state index in [2.05, 4.69) is 49.9 Å². The van der Waals surface area contributed by atoms with Crippen LogP contribution in [0.3, 0.4) is 0 Å². The molecule has 0 amide bonds. The molecule has 4 atom stereocenters. The first-order chi connectivity index (χ1) is 13.4. The van der Waals surface area contributed by atoms with Crippen molar-refractivity contribution >= 4 is 5.96 Å². The van der Waals surface area contributed by atoms with E-state index in [0.29, 0.717) is 30.0 Å². The number of hydrogen-bond donors (Lipinski definition) is 2. The van der Waals surface area contributed by atoms with E-state index in [-0.39, 0.29) is 5.41 Å². The van der Waals surface area contributed by atoms with Crippen LogP contribution in [0.15, 0.2) is 4.99 Å². The number of aromatic nitrogens is 3. The van der Waals surface area contributed by atoms with Gasteiger partial charge < -0.3 is 15.4 Å². The van der Waals surface area contributed by atoms with Gasteiger partial charge in [0.1, 0.15) is 5.82 Å². The fourth-order valence-corrected chi connectivity index (χ4v) is 5.14. The van der Waals surface area contributed by atoms with Crippen LogP contribution in [0.1, 0.15) is 71.4 Å². The second-order valence-corrected chi connectivity index (χ2v) is 9.47. The van der Waals surface area contributed by atoms with E-state index in [9.17, 15) is 0 Å². The molecule has 1 saturated carbocycles. The molecule has 3 heterocycles. The van der Waals surface area contributed by atoms with Crippen LogP contribution >= 0.6 is 0 Å². The quantitative estimate of drug-likeness (QED) is 0.612. The van der Waals surface area contributed by atoms with E-state index in [1.54, 1.807) is 0 Å². The molecule has 4 rings (SSSR count). The summed E-state index contributed by atoms with van der Waals surface area (Å²) in [7, 11) is 0. The van der Waals surface area contributed by atoms with Crippen molar-refractivity contribution in [3.63, 3.8) is 0 Å². The molecule has 2 N–H and O–H groups in total. The Balaban J connectivity index is 1.41. The summed E-state index contributed by atoms with van der Waals surface area (Å²) < 4.78 is 8.14. The van der Waals surface area contributed by atoms with Gasteiger partial charge in [0.05, 0.1) is 12.6 Å². The molecule has 1 aliphatic carbocycles. The summed E-state index contributed by atoms with van der Waals surface area (Å²) in [4.78, 5) is 9.44. The molecule has 1 saturated heterocycles. The highest BCUT2D eigenvalue weighted by Crippen LogP contribution is 2.51. The third-order valence-electron chi connectivity index (χ3n) is 6.67. The Bertz CT molecular complexity index is 724. The van der Waals surface area contributed by atoms with Gasteiger partial charge in [-0.2, -0.15) is 5.10 Å². The van der Waals surface area contributed by atoms with Gasteiger partial charge in [-0.3, -0.25) is 4.99 Å². The van der Waals surface area contributed by atoms with Crippen molar-refractivity contribution in [2.75, 3.05) is 13.2 Å². The Morgan fingerprint density at radius 2 is 2.14 bits per heavy atom. The Morgan fingerprint density at radius 3 is 2.89 bits per heavy atom. The van der Waals surface area contributed by atoms with Gasteiger partial charge >= 0.3 is 0 Å². The lowest BCUT2D eigenvalue weighted by atomic mass is 9.55. The molecule has 0 radical (unpaired) electrons. The summed E-state index contributed by atoms with van der Waals surface area (Å²) in [5.74, 6) is 3.97. The maximum absolute atomic E-state index is 6.06. The maximum Gasteiger partial charge on any atom is 0.191 e. The molecule has 0 spiro atoms. The number of hydrogen-bond acceptors (Lipinski definition) is 4. The topological polar surface area (TPSA) is 76.4 Å². The standard InChI is InChI=1S/C21H36N6O/c1-6-22-20(25-17-15-8-7-11-28-18(15)21(17,4)5)23-14-9-10-16-24-19(13(2)3)26-27(16)12-14/h13-15,17-18H,6-12H2,1-5H3,(H2,22,23,25). The van der Waals surface area contributed by atoms with Crippen LogP contribution in [-0.2, 0) is 17.7 Å². The van der Waals surface area contributed by atoms with Crippen molar-refractivity contribution < 1.29 is 4.74 Å². The van der Waals surface area contributed by atoms with Crippen LogP contribution < -0.4 is 10.6 Å². The lowest BCUT2D eigenvalue weighted by Crippen LogP contribution is -2.71. The summed E-state index contributed by atoms with van der Waals surface area (Å²) in [6.07, 6.45) is 4.81. The first kappa shape index (κ1) is 19.7. The van der Waals surface area contributed by atoms with Crippen LogP contribution in [-0.4, -0.2) is 52.1 Å². The molecule has 2 fully saturated rings. The summed E-state index contributed by atoms with van der Waals surface area (Å²) >= 11 is 0. The second-order valence-electron chi connectivity index (χ2n) is 9.47. The second kappa shape index (κ2) is 7.65. The van der Waals surface area contributed by atoms with Gasteiger partial charge in [-0.1, -0.05) is 27.7 Å². The number of guanidine groups is 1. The van der Waals surface area contributed by atoms with Crippen molar-refractivity contribution in [2.45, 2.75) is 91.0 Å². The third-order valence-corrected chi connectivity index (χ3v) is 6.67. The third kappa shape index (κ3) is 3.53. The molecular weight excluding hydrogens is 352 g/mol. The van der Waals surface area contributed by atoms with Crippen molar-refractivity contribution in [1.29, 1.82) is 0 Å². The zero-order valence-electron chi connectivity index (χ0n) is 18.0.